The van der Waals surface area contributed by atoms with Crippen molar-refractivity contribution in [2.24, 2.45) is 0 Å². The lowest BCUT2D eigenvalue weighted by molar-refractivity contribution is 0.0145. The minimum atomic E-state index is 0.237. The van der Waals surface area contributed by atoms with Crippen LogP contribution in [0.15, 0.2) is 78.9 Å². The van der Waals surface area contributed by atoms with Gasteiger partial charge in [-0.05, 0) is 53.9 Å². The smallest absolute Gasteiger partial charge is 0.127 e. The van der Waals surface area contributed by atoms with Crippen molar-refractivity contribution < 1.29 is 9.47 Å². The number of hydrogen-bond acceptors (Lipinski definition) is 4. The molecule has 29 heavy (non-hydrogen) atoms. The van der Waals surface area contributed by atoms with Crippen LogP contribution in [0.1, 0.15) is 17.5 Å². The van der Waals surface area contributed by atoms with Crippen molar-refractivity contribution >= 4 is 0 Å². The fraction of sp³-hybridized carbons (Fsp3) is 0.240. The first kappa shape index (κ1) is 19.0. The molecule has 0 aliphatic carbocycles. The Bertz CT molecular complexity index is 941. The number of ether oxygens (including phenoxy) is 2. The Labute approximate surface area is 171 Å². The van der Waals surface area contributed by atoms with Gasteiger partial charge in [-0.25, -0.2) is 0 Å². The molecule has 0 spiro atoms. The first-order chi connectivity index (χ1) is 14.3. The molecule has 4 heteroatoms. The van der Waals surface area contributed by atoms with Gasteiger partial charge in [0.2, 0.25) is 0 Å². The third-order valence-corrected chi connectivity index (χ3v) is 4.98. The standard InChI is InChI=1S/C25H24N2O2/c26-16-4-5-20-8-12-24(13-9-20)29-25-18-27(19-25)17-21-10-14-23(15-11-21)28-22-6-2-1-3-7-22/h1-3,6-15,25H,4-5,17-19H2. The first-order valence-electron chi connectivity index (χ1n) is 9.95. The van der Waals surface area contributed by atoms with Crippen molar-refractivity contribution in [1.82, 2.24) is 4.90 Å². The minimum absolute atomic E-state index is 0.237. The summed E-state index contributed by atoms with van der Waals surface area (Å²) in [7, 11) is 0. The molecule has 4 rings (SSSR count). The summed E-state index contributed by atoms with van der Waals surface area (Å²) in [4.78, 5) is 2.37. The van der Waals surface area contributed by atoms with E-state index >= 15 is 0 Å². The van der Waals surface area contributed by atoms with Crippen LogP contribution < -0.4 is 9.47 Å². The number of benzene rings is 3. The average Bonchev–Trinajstić information content (AvgIpc) is 2.73. The zero-order valence-corrected chi connectivity index (χ0v) is 16.3. The van der Waals surface area contributed by atoms with Crippen molar-refractivity contribution in [3.05, 3.63) is 90.0 Å². The Morgan fingerprint density at radius 3 is 2.10 bits per heavy atom. The summed E-state index contributed by atoms with van der Waals surface area (Å²) in [6.45, 7) is 2.77. The van der Waals surface area contributed by atoms with Gasteiger partial charge in [-0.1, -0.05) is 42.5 Å². The molecule has 0 atom stereocenters. The van der Waals surface area contributed by atoms with Crippen LogP contribution in [0.3, 0.4) is 0 Å². The monoisotopic (exact) mass is 384 g/mol. The second-order valence-electron chi connectivity index (χ2n) is 7.30. The molecule has 0 radical (unpaired) electrons. The Balaban J connectivity index is 1.21. The Morgan fingerprint density at radius 2 is 1.41 bits per heavy atom. The van der Waals surface area contributed by atoms with Gasteiger partial charge >= 0.3 is 0 Å². The summed E-state index contributed by atoms with van der Waals surface area (Å²) in [5.41, 5.74) is 2.44. The molecule has 146 valence electrons. The molecule has 3 aromatic rings. The molecule has 4 nitrogen and oxygen atoms in total. The lowest BCUT2D eigenvalue weighted by atomic mass is 10.1. The van der Waals surface area contributed by atoms with Crippen LogP contribution in [0.2, 0.25) is 0 Å². The maximum absolute atomic E-state index is 8.66. The molecule has 1 fully saturated rings. The molecule has 0 saturated carbocycles. The number of aryl methyl sites for hydroxylation is 1. The van der Waals surface area contributed by atoms with E-state index in [1.54, 1.807) is 0 Å². The number of hydrogen-bond donors (Lipinski definition) is 0. The second-order valence-corrected chi connectivity index (χ2v) is 7.30. The Kier molecular flexibility index (Phi) is 6.09. The fourth-order valence-corrected chi connectivity index (χ4v) is 3.40. The van der Waals surface area contributed by atoms with Gasteiger partial charge in [-0.2, -0.15) is 5.26 Å². The molecular formula is C25H24N2O2. The number of rotatable bonds is 8. The van der Waals surface area contributed by atoms with Gasteiger partial charge in [0.05, 0.1) is 6.07 Å². The molecule has 1 saturated heterocycles. The predicted molar refractivity (Wildman–Crippen MR) is 113 cm³/mol. The molecule has 1 heterocycles. The molecule has 0 N–H and O–H groups in total. The average molecular weight is 384 g/mol. The van der Waals surface area contributed by atoms with Crippen LogP contribution >= 0.6 is 0 Å². The summed E-state index contributed by atoms with van der Waals surface area (Å²) in [5, 5.41) is 8.66. The lowest BCUT2D eigenvalue weighted by Gasteiger charge is -2.39. The molecule has 0 amide bonds. The van der Waals surface area contributed by atoms with Crippen molar-refractivity contribution in [3.63, 3.8) is 0 Å². The van der Waals surface area contributed by atoms with E-state index in [1.807, 2.05) is 66.7 Å². The second kappa shape index (κ2) is 9.27. The summed E-state index contributed by atoms with van der Waals surface area (Å²) >= 11 is 0. The lowest BCUT2D eigenvalue weighted by Crippen LogP contribution is -2.53. The Hall–Kier alpha value is -3.29. The van der Waals surface area contributed by atoms with Crippen LogP contribution in [-0.2, 0) is 13.0 Å². The van der Waals surface area contributed by atoms with E-state index in [-0.39, 0.29) is 6.10 Å². The van der Waals surface area contributed by atoms with E-state index in [9.17, 15) is 0 Å². The zero-order chi connectivity index (χ0) is 19.9. The highest BCUT2D eigenvalue weighted by Crippen LogP contribution is 2.24. The quantitative estimate of drug-likeness (QED) is 0.536. The number of likely N-dealkylation sites (tertiary alicyclic amines) is 1. The normalized spacial score (nSPS) is 14.0. The highest BCUT2D eigenvalue weighted by atomic mass is 16.5. The van der Waals surface area contributed by atoms with Crippen LogP contribution in [0.4, 0.5) is 0 Å². The summed E-state index contributed by atoms with van der Waals surface area (Å²) in [6.07, 6.45) is 1.58. The van der Waals surface area contributed by atoms with Gasteiger partial charge in [0.15, 0.2) is 0 Å². The van der Waals surface area contributed by atoms with Gasteiger partial charge in [0.25, 0.3) is 0 Å². The van der Waals surface area contributed by atoms with Gasteiger partial charge < -0.3 is 9.47 Å². The summed E-state index contributed by atoms with van der Waals surface area (Å²) < 4.78 is 11.9. The van der Waals surface area contributed by atoms with Gasteiger partial charge in [-0.3, -0.25) is 4.90 Å². The van der Waals surface area contributed by atoms with Crippen LogP contribution in [0.25, 0.3) is 0 Å². The maximum Gasteiger partial charge on any atom is 0.127 e. The highest BCUT2D eigenvalue weighted by Gasteiger charge is 2.28. The van der Waals surface area contributed by atoms with E-state index in [0.717, 1.165) is 43.3 Å². The molecule has 1 aliphatic rings. The molecule has 1 aliphatic heterocycles. The summed E-state index contributed by atoms with van der Waals surface area (Å²) in [5.74, 6) is 2.60. The van der Waals surface area contributed by atoms with E-state index in [2.05, 4.69) is 23.1 Å². The Morgan fingerprint density at radius 1 is 0.793 bits per heavy atom. The molecule has 0 aromatic heterocycles. The number of para-hydroxylation sites is 1. The van der Waals surface area contributed by atoms with E-state index in [0.29, 0.717) is 6.42 Å². The van der Waals surface area contributed by atoms with Crippen molar-refractivity contribution in [1.29, 1.82) is 5.26 Å². The van der Waals surface area contributed by atoms with Crippen molar-refractivity contribution in [2.75, 3.05) is 13.1 Å². The third kappa shape index (κ3) is 5.37. The van der Waals surface area contributed by atoms with Crippen LogP contribution in [-0.4, -0.2) is 24.1 Å². The SMILES string of the molecule is N#CCCc1ccc(OC2CN(Cc3ccc(Oc4ccccc4)cc3)C2)cc1. The molecule has 3 aromatic carbocycles. The number of nitriles is 1. The van der Waals surface area contributed by atoms with Gasteiger partial charge in [0.1, 0.15) is 23.4 Å². The largest absolute Gasteiger partial charge is 0.488 e. The minimum Gasteiger partial charge on any atom is -0.488 e. The molecule has 0 bridgehead atoms. The van der Waals surface area contributed by atoms with E-state index in [1.165, 1.54) is 11.1 Å². The van der Waals surface area contributed by atoms with E-state index in [4.69, 9.17) is 14.7 Å². The van der Waals surface area contributed by atoms with Gasteiger partial charge in [-0.15, -0.1) is 0 Å². The molecule has 0 unspecified atom stereocenters. The maximum atomic E-state index is 8.66. The van der Waals surface area contributed by atoms with Crippen molar-refractivity contribution in [2.45, 2.75) is 25.5 Å². The van der Waals surface area contributed by atoms with E-state index < -0.39 is 0 Å². The van der Waals surface area contributed by atoms with Crippen LogP contribution in [0, 0.1) is 11.3 Å². The van der Waals surface area contributed by atoms with Crippen molar-refractivity contribution in [3.8, 4) is 23.3 Å². The third-order valence-electron chi connectivity index (χ3n) is 4.98. The highest BCUT2D eigenvalue weighted by molar-refractivity contribution is 5.33. The van der Waals surface area contributed by atoms with Crippen LogP contribution in [0.5, 0.6) is 17.2 Å². The first-order valence-corrected chi connectivity index (χ1v) is 9.95. The topological polar surface area (TPSA) is 45.5 Å². The number of nitrogens with zero attached hydrogens (tertiary/aromatic N) is 2. The van der Waals surface area contributed by atoms with Gasteiger partial charge in [0, 0.05) is 26.1 Å². The molecular weight excluding hydrogens is 360 g/mol. The fourth-order valence-electron chi connectivity index (χ4n) is 3.40. The summed E-state index contributed by atoms with van der Waals surface area (Å²) in [6, 6.07) is 28.4. The zero-order valence-electron chi connectivity index (χ0n) is 16.3. The predicted octanol–water partition coefficient (Wildman–Crippen LogP) is 5.20.